The number of hydrogen-bond donors (Lipinski definition) is 1. The third kappa shape index (κ3) is 1.41. The predicted molar refractivity (Wildman–Crippen MR) is 63.0 cm³/mol. The van der Waals surface area contributed by atoms with E-state index >= 15 is 0 Å². The van der Waals surface area contributed by atoms with Crippen LogP contribution in [0.1, 0.15) is 0 Å². The van der Waals surface area contributed by atoms with Crippen LogP contribution in [0.4, 0.5) is 0 Å². The number of morpholine rings is 1. The summed E-state index contributed by atoms with van der Waals surface area (Å²) >= 11 is 5.84. The zero-order valence-corrected chi connectivity index (χ0v) is 9.18. The standard InChI is InChI=1S/C9H10ClN5O/c10-8-12-3-6-9(15-8,14-5-13-6)7-4-11-1-2-16-7/h3,5,7,11H,1-2,4H2. The van der Waals surface area contributed by atoms with Crippen LogP contribution in [-0.2, 0) is 4.74 Å². The molecule has 0 saturated carbocycles. The van der Waals surface area contributed by atoms with E-state index in [9.17, 15) is 0 Å². The lowest BCUT2D eigenvalue weighted by atomic mass is 9.97. The zero-order valence-electron chi connectivity index (χ0n) is 8.43. The molecule has 1 saturated heterocycles. The van der Waals surface area contributed by atoms with Crippen LogP contribution in [0.5, 0.6) is 0 Å². The fourth-order valence-corrected chi connectivity index (χ4v) is 2.16. The number of hydrogen-bond acceptors (Lipinski definition) is 6. The van der Waals surface area contributed by atoms with Crippen LogP contribution < -0.4 is 5.32 Å². The van der Waals surface area contributed by atoms with Crippen LogP contribution in [0.25, 0.3) is 0 Å². The first kappa shape index (κ1) is 10.1. The van der Waals surface area contributed by atoms with Gasteiger partial charge in [0.15, 0.2) is 0 Å². The summed E-state index contributed by atoms with van der Waals surface area (Å²) in [4.78, 5) is 16.7. The predicted octanol–water partition coefficient (Wildman–Crippen LogP) is -0.167. The van der Waals surface area contributed by atoms with Gasteiger partial charge in [-0.1, -0.05) is 0 Å². The fourth-order valence-electron chi connectivity index (χ4n) is 1.98. The number of amidine groups is 1. The lowest BCUT2D eigenvalue weighted by Gasteiger charge is -2.35. The molecule has 2 unspecified atom stereocenters. The number of halogens is 1. The molecule has 16 heavy (non-hydrogen) atoms. The zero-order chi connectivity index (χ0) is 11.0. The quantitative estimate of drug-likeness (QED) is 0.646. The van der Waals surface area contributed by atoms with Crippen LogP contribution in [0.2, 0.25) is 0 Å². The number of nitrogens with zero attached hydrogens (tertiary/aromatic N) is 4. The van der Waals surface area contributed by atoms with Gasteiger partial charge in [0.1, 0.15) is 18.2 Å². The molecular weight excluding hydrogens is 230 g/mol. The van der Waals surface area contributed by atoms with E-state index < -0.39 is 5.66 Å². The summed E-state index contributed by atoms with van der Waals surface area (Å²) in [6.45, 7) is 2.16. The van der Waals surface area contributed by atoms with Gasteiger partial charge in [-0.3, -0.25) is 0 Å². The number of nitrogens with one attached hydrogen (secondary N) is 1. The third-order valence-corrected chi connectivity index (χ3v) is 2.94. The van der Waals surface area contributed by atoms with Crippen molar-refractivity contribution < 1.29 is 4.74 Å². The van der Waals surface area contributed by atoms with E-state index in [1.807, 2.05) is 0 Å². The van der Waals surface area contributed by atoms with Gasteiger partial charge in [0.2, 0.25) is 11.0 Å². The molecule has 1 N–H and O–H groups in total. The highest BCUT2D eigenvalue weighted by atomic mass is 35.5. The number of fused-ring (bicyclic) bond motifs is 1. The van der Waals surface area contributed by atoms with Crippen molar-refractivity contribution in [1.82, 2.24) is 5.32 Å². The molecule has 3 aliphatic rings. The third-order valence-electron chi connectivity index (χ3n) is 2.76. The second kappa shape index (κ2) is 3.73. The molecule has 0 aromatic heterocycles. The van der Waals surface area contributed by atoms with Crippen molar-refractivity contribution in [2.75, 3.05) is 19.7 Å². The molecule has 84 valence electrons. The average molecular weight is 240 g/mol. The van der Waals surface area contributed by atoms with Crippen LogP contribution in [0.3, 0.4) is 0 Å². The SMILES string of the molecule is ClC1=NC2(C3CNCCO3)N=CN=C2C=N1. The van der Waals surface area contributed by atoms with Gasteiger partial charge >= 0.3 is 0 Å². The Balaban J connectivity index is 1.98. The lowest BCUT2D eigenvalue weighted by molar-refractivity contribution is 0.00205. The van der Waals surface area contributed by atoms with Crippen LogP contribution in [-0.4, -0.2) is 55.0 Å². The molecule has 0 amide bonds. The van der Waals surface area contributed by atoms with Crippen molar-refractivity contribution in [3.05, 3.63) is 0 Å². The van der Waals surface area contributed by atoms with Gasteiger partial charge in [-0.25, -0.2) is 20.0 Å². The first-order chi connectivity index (χ1) is 7.81. The normalized spacial score (nSPS) is 36.9. The monoisotopic (exact) mass is 239 g/mol. The summed E-state index contributed by atoms with van der Waals surface area (Å²) in [7, 11) is 0. The highest BCUT2D eigenvalue weighted by Crippen LogP contribution is 2.29. The summed E-state index contributed by atoms with van der Waals surface area (Å²) in [5.74, 6) is 0. The first-order valence-electron chi connectivity index (χ1n) is 5.05. The van der Waals surface area contributed by atoms with E-state index in [4.69, 9.17) is 16.3 Å². The van der Waals surface area contributed by atoms with Gasteiger partial charge in [-0.05, 0) is 11.6 Å². The molecule has 0 aliphatic carbocycles. The molecule has 3 rings (SSSR count). The highest BCUT2D eigenvalue weighted by Gasteiger charge is 2.47. The van der Waals surface area contributed by atoms with Crippen LogP contribution in [0, 0.1) is 0 Å². The lowest BCUT2D eigenvalue weighted by Crippen LogP contribution is -2.55. The van der Waals surface area contributed by atoms with Gasteiger partial charge in [0.25, 0.3) is 0 Å². The number of aliphatic imine (C=N–C) groups is 4. The van der Waals surface area contributed by atoms with E-state index in [2.05, 4.69) is 25.3 Å². The molecule has 1 fully saturated rings. The maximum atomic E-state index is 5.84. The molecule has 0 bridgehead atoms. The Kier molecular flexibility index (Phi) is 2.34. The molecular formula is C9H10ClN5O. The molecule has 2 atom stereocenters. The largest absolute Gasteiger partial charge is 0.371 e. The van der Waals surface area contributed by atoms with Crippen molar-refractivity contribution in [2.45, 2.75) is 11.8 Å². The Bertz CT molecular complexity index is 424. The van der Waals surface area contributed by atoms with E-state index in [-0.39, 0.29) is 11.4 Å². The van der Waals surface area contributed by atoms with Gasteiger partial charge in [0.05, 0.1) is 12.8 Å². The molecule has 0 aromatic carbocycles. The summed E-state index contributed by atoms with van der Waals surface area (Å²) in [5.41, 5.74) is -0.141. The Hall–Kier alpha value is -1.11. The van der Waals surface area contributed by atoms with Gasteiger partial charge in [-0.2, -0.15) is 0 Å². The molecule has 3 aliphatic heterocycles. The van der Waals surface area contributed by atoms with Crippen molar-refractivity contribution in [2.24, 2.45) is 20.0 Å². The van der Waals surface area contributed by atoms with E-state index in [1.54, 1.807) is 6.21 Å². The molecule has 0 radical (unpaired) electrons. The Morgan fingerprint density at radius 3 is 3.31 bits per heavy atom. The summed E-state index contributed by atoms with van der Waals surface area (Å²) in [6.07, 6.45) is 2.90. The Morgan fingerprint density at radius 2 is 2.50 bits per heavy atom. The Morgan fingerprint density at radius 1 is 1.56 bits per heavy atom. The molecule has 6 nitrogen and oxygen atoms in total. The maximum Gasteiger partial charge on any atom is 0.225 e. The molecule has 7 heteroatoms. The van der Waals surface area contributed by atoms with Gasteiger partial charge < -0.3 is 10.1 Å². The Labute approximate surface area is 97.2 Å². The molecule has 0 aromatic rings. The smallest absolute Gasteiger partial charge is 0.225 e. The van der Waals surface area contributed by atoms with E-state index in [0.717, 1.165) is 6.54 Å². The summed E-state index contributed by atoms with van der Waals surface area (Å²) < 4.78 is 5.69. The van der Waals surface area contributed by atoms with Crippen molar-refractivity contribution >= 4 is 35.2 Å². The highest BCUT2D eigenvalue weighted by molar-refractivity contribution is 6.67. The second-order valence-electron chi connectivity index (χ2n) is 3.69. The molecule has 3 heterocycles. The van der Waals surface area contributed by atoms with Crippen molar-refractivity contribution in [3.8, 4) is 0 Å². The minimum atomic E-state index is -0.827. The second-order valence-corrected chi connectivity index (χ2v) is 4.03. The average Bonchev–Trinajstić information content (AvgIpc) is 2.74. The topological polar surface area (TPSA) is 70.7 Å². The maximum absolute atomic E-state index is 5.84. The summed E-state index contributed by atoms with van der Waals surface area (Å²) in [5, 5.41) is 3.43. The minimum absolute atomic E-state index is 0.181. The van der Waals surface area contributed by atoms with E-state index in [1.165, 1.54) is 6.34 Å². The van der Waals surface area contributed by atoms with Crippen LogP contribution >= 0.6 is 11.6 Å². The number of ether oxygens (including phenoxy) is 1. The van der Waals surface area contributed by atoms with Crippen molar-refractivity contribution in [1.29, 1.82) is 0 Å². The summed E-state index contributed by atoms with van der Waals surface area (Å²) in [6, 6.07) is 0. The van der Waals surface area contributed by atoms with Crippen molar-refractivity contribution in [3.63, 3.8) is 0 Å². The van der Waals surface area contributed by atoms with Gasteiger partial charge in [0, 0.05) is 13.1 Å². The van der Waals surface area contributed by atoms with Crippen LogP contribution in [0.15, 0.2) is 20.0 Å². The minimum Gasteiger partial charge on any atom is -0.371 e. The molecule has 0 spiro atoms. The number of rotatable bonds is 1. The van der Waals surface area contributed by atoms with E-state index in [0.29, 0.717) is 18.9 Å². The fraction of sp³-hybridized carbons (Fsp3) is 0.556. The first-order valence-corrected chi connectivity index (χ1v) is 5.43. The van der Waals surface area contributed by atoms with Gasteiger partial charge in [-0.15, -0.1) is 0 Å².